The zero-order valence-corrected chi connectivity index (χ0v) is 16.8. The topological polar surface area (TPSA) is 35.9 Å². The summed E-state index contributed by atoms with van der Waals surface area (Å²) < 4.78 is 0. The zero-order chi connectivity index (χ0) is 19.4. The van der Waals surface area contributed by atoms with Crippen LogP contribution in [0.25, 0.3) is 0 Å². The van der Waals surface area contributed by atoms with E-state index >= 15 is 0 Å². The Bertz CT molecular complexity index is 825. The summed E-state index contributed by atoms with van der Waals surface area (Å²) in [6.07, 6.45) is 0.748. The largest absolute Gasteiger partial charge is 0.295 e. The molecular formula is C23H29N3O. The number of carbonyl (C=O) groups excluding carboxylic acids is 1. The van der Waals surface area contributed by atoms with Gasteiger partial charge in [-0.3, -0.25) is 9.69 Å². The first kappa shape index (κ1) is 19.3. The highest BCUT2D eigenvalue weighted by molar-refractivity contribution is 6.03. The summed E-state index contributed by atoms with van der Waals surface area (Å²) in [6, 6.07) is 16.6. The second-order valence-electron chi connectivity index (χ2n) is 7.19. The quantitative estimate of drug-likeness (QED) is 0.766. The molecule has 0 saturated heterocycles. The first-order valence-corrected chi connectivity index (χ1v) is 9.78. The number of aryl methyl sites for hydroxylation is 2. The van der Waals surface area contributed by atoms with Gasteiger partial charge >= 0.3 is 0 Å². The molecule has 142 valence electrons. The lowest BCUT2D eigenvalue weighted by Crippen LogP contribution is -2.38. The Balaban J connectivity index is 1.96. The molecule has 2 aromatic carbocycles. The van der Waals surface area contributed by atoms with E-state index < -0.39 is 0 Å². The Morgan fingerprint density at radius 3 is 2.48 bits per heavy atom. The maximum absolute atomic E-state index is 13.1. The lowest BCUT2D eigenvalue weighted by Gasteiger charge is -2.26. The fourth-order valence-corrected chi connectivity index (χ4v) is 3.62. The van der Waals surface area contributed by atoms with Gasteiger partial charge in [-0.25, -0.2) is 5.01 Å². The minimum Gasteiger partial charge on any atom is -0.295 e. The van der Waals surface area contributed by atoms with E-state index in [4.69, 9.17) is 5.10 Å². The molecule has 4 nitrogen and oxygen atoms in total. The van der Waals surface area contributed by atoms with Gasteiger partial charge in [0.15, 0.2) is 0 Å². The predicted octanol–water partition coefficient (Wildman–Crippen LogP) is 4.32. The third-order valence-electron chi connectivity index (χ3n) is 5.32. The van der Waals surface area contributed by atoms with Crippen LogP contribution in [-0.4, -0.2) is 41.2 Å². The van der Waals surface area contributed by atoms with Crippen molar-refractivity contribution in [1.82, 2.24) is 9.91 Å². The molecule has 1 aliphatic heterocycles. The van der Waals surface area contributed by atoms with E-state index in [1.165, 1.54) is 16.7 Å². The van der Waals surface area contributed by atoms with Gasteiger partial charge in [-0.2, -0.15) is 5.10 Å². The van der Waals surface area contributed by atoms with Crippen molar-refractivity contribution in [3.63, 3.8) is 0 Å². The molecule has 1 heterocycles. The molecule has 0 radical (unpaired) electrons. The summed E-state index contributed by atoms with van der Waals surface area (Å²) in [5.41, 5.74) is 5.67. The molecule has 3 rings (SSSR count). The Kier molecular flexibility index (Phi) is 6.07. The highest BCUT2D eigenvalue weighted by atomic mass is 16.2. The Morgan fingerprint density at radius 1 is 1.11 bits per heavy atom. The maximum Gasteiger partial charge on any atom is 0.257 e. The van der Waals surface area contributed by atoms with Crippen molar-refractivity contribution in [2.75, 3.05) is 19.6 Å². The molecule has 4 heteroatoms. The van der Waals surface area contributed by atoms with E-state index in [0.29, 0.717) is 6.54 Å². The first-order valence-electron chi connectivity index (χ1n) is 9.78. The van der Waals surface area contributed by atoms with E-state index in [2.05, 4.69) is 62.9 Å². The van der Waals surface area contributed by atoms with Crippen molar-refractivity contribution in [1.29, 1.82) is 0 Å². The van der Waals surface area contributed by atoms with Gasteiger partial charge in [0, 0.05) is 6.42 Å². The molecule has 0 N–H and O–H groups in total. The first-order chi connectivity index (χ1) is 13.0. The second kappa shape index (κ2) is 8.49. The third kappa shape index (κ3) is 4.28. The number of carbonyl (C=O) groups is 1. The molecule has 0 fully saturated rings. The van der Waals surface area contributed by atoms with Gasteiger partial charge < -0.3 is 0 Å². The molecule has 27 heavy (non-hydrogen) atoms. The van der Waals surface area contributed by atoms with Crippen LogP contribution < -0.4 is 0 Å². The monoisotopic (exact) mass is 363 g/mol. The average molecular weight is 364 g/mol. The summed E-state index contributed by atoms with van der Waals surface area (Å²) in [5.74, 6) is 0.0653. The number of likely N-dealkylation sites (N-methyl/N-ethyl adjacent to an activating group) is 1. The molecule has 2 aromatic rings. The van der Waals surface area contributed by atoms with Crippen molar-refractivity contribution < 1.29 is 4.79 Å². The van der Waals surface area contributed by atoms with Gasteiger partial charge in [-0.05, 0) is 43.6 Å². The molecule has 0 saturated carbocycles. The summed E-state index contributed by atoms with van der Waals surface area (Å²) in [7, 11) is 0. The smallest absolute Gasteiger partial charge is 0.257 e. The van der Waals surface area contributed by atoms with E-state index in [0.717, 1.165) is 30.8 Å². The van der Waals surface area contributed by atoms with Crippen molar-refractivity contribution in [3.8, 4) is 0 Å². The van der Waals surface area contributed by atoms with Crippen LogP contribution in [0.5, 0.6) is 0 Å². The predicted molar refractivity (Wildman–Crippen MR) is 111 cm³/mol. The van der Waals surface area contributed by atoms with Gasteiger partial charge in [-0.1, -0.05) is 67.9 Å². The maximum atomic E-state index is 13.1. The van der Waals surface area contributed by atoms with Gasteiger partial charge in [0.05, 0.1) is 18.3 Å². The van der Waals surface area contributed by atoms with Crippen LogP contribution in [0.4, 0.5) is 0 Å². The Morgan fingerprint density at radius 2 is 1.81 bits per heavy atom. The van der Waals surface area contributed by atoms with Crippen molar-refractivity contribution >= 4 is 11.6 Å². The number of benzene rings is 2. The summed E-state index contributed by atoms with van der Waals surface area (Å²) in [5, 5.41) is 6.51. The summed E-state index contributed by atoms with van der Waals surface area (Å²) in [6.45, 7) is 10.5. The van der Waals surface area contributed by atoms with Crippen LogP contribution >= 0.6 is 0 Å². The lowest BCUT2D eigenvalue weighted by molar-refractivity contribution is -0.134. The normalized spacial score (nSPS) is 16.7. The molecule has 1 aliphatic rings. The molecule has 0 bridgehead atoms. The van der Waals surface area contributed by atoms with E-state index in [9.17, 15) is 4.79 Å². The van der Waals surface area contributed by atoms with Gasteiger partial charge in [0.2, 0.25) is 0 Å². The van der Waals surface area contributed by atoms with Gasteiger partial charge in [0.25, 0.3) is 5.91 Å². The molecule has 1 amide bonds. The van der Waals surface area contributed by atoms with Gasteiger partial charge in [0.1, 0.15) is 0 Å². The Hall–Kier alpha value is -2.46. The number of hydrogen-bond donors (Lipinski definition) is 0. The van der Waals surface area contributed by atoms with E-state index in [1.54, 1.807) is 5.01 Å². The summed E-state index contributed by atoms with van der Waals surface area (Å²) in [4.78, 5) is 15.2. The van der Waals surface area contributed by atoms with Crippen LogP contribution in [0.15, 0.2) is 53.6 Å². The summed E-state index contributed by atoms with van der Waals surface area (Å²) >= 11 is 0. The van der Waals surface area contributed by atoms with Crippen LogP contribution in [0.2, 0.25) is 0 Å². The number of rotatable bonds is 6. The fourth-order valence-electron chi connectivity index (χ4n) is 3.62. The van der Waals surface area contributed by atoms with Crippen molar-refractivity contribution in [2.24, 2.45) is 5.10 Å². The molecule has 0 spiro atoms. The number of hydrogen-bond acceptors (Lipinski definition) is 3. The van der Waals surface area contributed by atoms with Crippen LogP contribution in [0, 0.1) is 13.8 Å². The van der Waals surface area contributed by atoms with Crippen LogP contribution in [-0.2, 0) is 4.79 Å². The number of amides is 1. The van der Waals surface area contributed by atoms with Crippen LogP contribution in [0.3, 0.4) is 0 Å². The highest BCUT2D eigenvalue weighted by Crippen LogP contribution is 2.35. The molecular weight excluding hydrogens is 334 g/mol. The second-order valence-corrected chi connectivity index (χ2v) is 7.19. The van der Waals surface area contributed by atoms with E-state index in [-0.39, 0.29) is 11.9 Å². The van der Waals surface area contributed by atoms with Crippen LogP contribution in [0.1, 0.15) is 48.6 Å². The fraction of sp³-hybridized carbons (Fsp3) is 0.391. The molecule has 0 aliphatic carbocycles. The minimum atomic E-state index is -0.0387. The molecule has 0 unspecified atom stereocenters. The average Bonchev–Trinajstić information content (AvgIpc) is 3.14. The van der Waals surface area contributed by atoms with Crippen molar-refractivity contribution in [3.05, 3.63) is 70.8 Å². The van der Waals surface area contributed by atoms with Gasteiger partial charge in [-0.15, -0.1) is 0 Å². The Labute approximate surface area is 162 Å². The zero-order valence-electron chi connectivity index (χ0n) is 16.8. The minimum absolute atomic E-state index is 0.0387. The molecule has 1 atom stereocenters. The number of hydrazone groups is 1. The molecule has 0 aromatic heterocycles. The van der Waals surface area contributed by atoms with E-state index in [1.807, 2.05) is 18.2 Å². The third-order valence-corrected chi connectivity index (χ3v) is 5.32. The lowest BCUT2D eigenvalue weighted by atomic mass is 9.94. The SMILES string of the molecule is CCN(CC)CC(=O)N1N=C(c2ccccc2)C[C@@H]1c1cc(C)ccc1C. The van der Waals surface area contributed by atoms with Crippen molar-refractivity contribution in [2.45, 2.75) is 40.2 Å². The standard InChI is InChI=1S/C23H29N3O/c1-5-25(6-2)16-23(27)26-22(20-14-17(3)12-13-18(20)4)15-21(24-26)19-10-8-7-9-11-19/h7-14,22H,5-6,15-16H2,1-4H3/t22-/m1/s1. The highest BCUT2D eigenvalue weighted by Gasteiger charge is 2.34. The number of nitrogens with zero attached hydrogens (tertiary/aromatic N) is 3.